The van der Waals surface area contributed by atoms with Gasteiger partial charge in [-0.1, -0.05) is 0 Å². The van der Waals surface area contributed by atoms with Gasteiger partial charge in [0.15, 0.2) is 0 Å². The molecule has 0 aromatic rings. The van der Waals surface area contributed by atoms with Gasteiger partial charge in [-0.2, -0.15) is 0 Å². The van der Waals surface area contributed by atoms with E-state index in [0.29, 0.717) is 25.0 Å². The number of aliphatic imine (C=N–C) groups is 2. The average molecular weight is 198 g/mol. The molecule has 4 nitrogen and oxygen atoms in total. The van der Waals surface area contributed by atoms with Crippen LogP contribution in [0.1, 0.15) is 27.7 Å². The lowest BCUT2D eigenvalue weighted by atomic mass is 10.2. The lowest BCUT2D eigenvalue weighted by Gasteiger charge is -2.22. The van der Waals surface area contributed by atoms with Crippen molar-refractivity contribution in [2.45, 2.75) is 39.8 Å². The van der Waals surface area contributed by atoms with Crippen molar-refractivity contribution in [3.05, 3.63) is 0 Å². The van der Waals surface area contributed by atoms with E-state index in [1.165, 1.54) is 0 Å². The highest BCUT2D eigenvalue weighted by Crippen LogP contribution is 2.10. The molecule has 1 rings (SSSR count). The average Bonchev–Trinajstić information content (AvgIpc) is 2.14. The summed E-state index contributed by atoms with van der Waals surface area (Å²) in [5.74, 6) is 1.42. The first kappa shape index (κ1) is 11.0. The van der Waals surface area contributed by atoms with Crippen LogP contribution in [0, 0.1) is 0 Å². The number of rotatable bonds is 2. The third kappa shape index (κ3) is 2.47. The Kier molecular flexibility index (Phi) is 3.92. The molecule has 0 saturated heterocycles. The molecule has 0 unspecified atom stereocenters. The first-order valence-electron chi connectivity index (χ1n) is 5.10. The van der Waals surface area contributed by atoms with E-state index in [-0.39, 0.29) is 12.1 Å². The van der Waals surface area contributed by atoms with Crippen molar-refractivity contribution < 1.29 is 9.47 Å². The van der Waals surface area contributed by atoms with Gasteiger partial charge in [0.2, 0.25) is 11.8 Å². The molecule has 0 saturated carbocycles. The molecule has 1 aliphatic heterocycles. The molecule has 0 bridgehead atoms. The fourth-order valence-electron chi connectivity index (χ4n) is 1.32. The molecule has 0 aliphatic carbocycles. The second-order valence-electron chi connectivity index (χ2n) is 3.15. The number of nitrogens with zero attached hydrogens (tertiary/aromatic N) is 2. The topological polar surface area (TPSA) is 43.2 Å². The van der Waals surface area contributed by atoms with Crippen molar-refractivity contribution in [1.29, 1.82) is 0 Å². The Morgan fingerprint density at radius 2 is 1.29 bits per heavy atom. The van der Waals surface area contributed by atoms with E-state index in [4.69, 9.17) is 9.47 Å². The normalized spacial score (nSPS) is 26.6. The maximum atomic E-state index is 5.38. The highest BCUT2D eigenvalue weighted by Gasteiger charge is 2.23. The van der Waals surface area contributed by atoms with Crippen LogP contribution in [0.25, 0.3) is 0 Å². The van der Waals surface area contributed by atoms with Crippen LogP contribution < -0.4 is 0 Å². The Labute approximate surface area is 85.0 Å². The van der Waals surface area contributed by atoms with Gasteiger partial charge in [-0.05, 0) is 27.7 Å². The van der Waals surface area contributed by atoms with E-state index in [1.54, 1.807) is 0 Å². The van der Waals surface area contributed by atoms with E-state index in [0.717, 1.165) is 0 Å². The second-order valence-corrected chi connectivity index (χ2v) is 3.15. The largest absolute Gasteiger partial charge is 0.480 e. The summed E-state index contributed by atoms with van der Waals surface area (Å²) in [5.41, 5.74) is 0. The Hall–Kier alpha value is -1.06. The Morgan fingerprint density at radius 1 is 0.929 bits per heavy atom. The smallest absolute Gasteiger partial charge is 0.209 e. The SMILES string of the molecule is CCOC1=N[C@@H](C)C(OCC)=N[C@H]1C. The molecular weight excluding hydrogens is 180 g/mol. The summed E-state index contributed by atoms with van der Waals surface area (Å²) in [6, 6.07) is -0.0413. The number of hydrogen-bond acceptors (Lipinski definition) is 4. The fourth-order valence-corrected chi connectivity index (χ4v) is 1.32. The molecule has 80 valence electrons. The molecule has 0 aromatic heterocycles. The minimum Gasteiger partial charge on any atom is -0.480 e. The molecule has 0 aromatic carbocycles. The first-order chi connectivity index (χ1) is 6.69. The summed E-state index contributed by atoms with van der Waals surface area (Å²) in [4.78, 5) is 8.78. The van der Waals surface area contributed by atoms with Gasteiger partial charge < -0.3 is 9.47 Å². The summed E-state index contributed by atoms with van der Waals surface area (Å²) in [6.45, 7) is 9.08. The quantitative estimate of drug-likeness (QED) is 0.677. The van der Waals surface area contributed by atoms with Gasteiger partial charge in [0.1, 0.15) is 12.1 Å². The van der Waals surface area contributed by atoms with E-state index < -0.39 is 0 Å². The molecule has 0 N–H and O–H groups in total. The monoisotopic (exact) mass is 198 g/mol. The molecule has 14 heavy (non-hydrogen) atoms. The fraction of sp³-hybridized carbons (Fsp3) is 0.800. The van der Waals surface area contributed by atoms with Crippen molar-refractivity contribution in [2.24, 2.45) is 9.98 Å². The van der Waals surface area contributed by atoms with E-state index in [2.05, 4.69) is 9.98 Å². The van der Waals surface area contributed by atoms with Crippen LogP contribution >= 0.6 is 0 Å². The van der Waals surface area contributed by atoms with Crippen LogP contribution in [0.5, 0.6) is 0 Å². The van der Waals surface area contributed by atoms with Crippen molar-refractivity contribution in [1.82, 2.24) is 0 Å². The predicted molar refractivity (Wildman–Crippen MR) is 57.0 cm³/mol. The molecule has 0 spiro atoms. The Morgan fingerprint density at radius 3 is 1.57 bits per heavy atom. The van der Waals surface area contributed by atoms with Crippen molar-refractivity contribution in [3.63, 3.8) is 0 Å². The number of ether oxygens (including phenoxy) is 2. The van der Waals surface area contributed by atoms with E-state index in [1.807, 2.05) is 27.7 Å². The van der Waals surface area contributed by atoms with Crippen LogP contribution in [0.2, 0.25) is 0 Å². The molecular formula is C10H18N2O2. The molecule has 4 heteroatoms. The summed E-state index contributed by atoms with van der Waals surface area (Å²) < 4.78 is 10.8. The summed E-state index contributed by atoms with van der Waals surface area (Å²) in [6.07, 6.45) is 0. The van der Waals surface area contributed by atoms with Gasteiger partial charge >= 0.3 is 0 Å². The minimum atomic E-state index is -0.0206. The van der Waals surface area contributed by atoms with Crippen molar-refractivity contribution >= 4 is 11.8 Å². The highest BCUT2D eigenvalue weighted by molar-refractivity contribution is 5.93. The molecule has 0 radical (unpaired) electrons. The van der Waals surface area contributed by atoms with E-state index >= 15 is 0 Å². The van der Waals surface area contributed by atoms with E-state index in [9.17, 15) is 0 Å². The zero-order valence-electron chi connectivity index (χ0n) is 9.28. The lowest BCUT2D eigenvalue weighted by Crippen LogP contribution is -2.32. The third-order valence-corrected chi connectivity index (χ3v) is 1.94. The molecule has 0 amide bonds. The first-order valence-corrected chi connectivity index (χ1v) is 5.10. The number of hydrogen-bond donors (Lipinski definition) is 0. The van der Waals surface area contributed by atoms with Crippen LogP contribution in [0.4, 0.5) is 0 Å². The van der Waals surface area contributed by atoms with Gasteiger partial charge in [0.05, 0.1) is 13.2 Å². The maximum absolute atomic E-state index is 5.38. The maximum Gasteiger partial charge on any atom is 0.209 e. The van der Waals surface area contributed by atoms with Gasteiger partial charge in [-0.15, -0.1) is 0 Å². The van der Waals surface area contributed by atoms with Gasteiger partial charge in [0.25, 0.3) is 0 Å². The van der Waals surface area contributed by atoms with Crippen molar-refractivity contribution in [2.75, 3.05) is 13.2 Å². The van der Waals surface area contributed by atoms with Crippen LogP contribution in [0.15, 0.2) is 9.98 Å². The third-order valence-electron chi connectivity index (χ3n) is 1.94. The summed E-state index contributed by atoms with van der Waals surface area (Å²) in [5, 5.41) is 0. The highest BCUT2D eigenvalue weighted by atomic mass is 16.5. The molecule has 1 heterocycles. The zero-order chi connectivity index (χ0) is 10.6. The lowest BCUT2D eigenvalue weighted by molar-refractivity contribution is 0.288. The van der Waals surface area contributed by atoms with Gasteiger partial charge in [0, 0.05) is 0 Å². The van der Waals surface area contributed by atoms with Crippen molar-refractivity contribution in [3.8, 4) is 0 Å². The van der Waals surface area contributed by atoms with Crippen LogP contribution in [0.3, 0.4) is 0 Å². The Bertz CT molecular complexity index is 223. The Balaban J connectivity index is 2.68. The molecule has 0 fully saturated rings. The van der Waals surface area contributed by atoms with Crippen LogP contribution in [-0.2, 0) is 9.47 Å². The molecule has 1 aliphatic rings. The van der Waals surface area contributed by atoms with Crippen LogP contribution in [-0.4, -0.2) is 37.1 Å². The van der Waals surface area contributed by atoms with Gasteiger partial charge in [-0.3, -0.25) is 0 Å². The summed E-state index contributed by atoms with van der Waals surface area (Å²) >= 11 is 0. The second kappa shape index (κ2) is 4.98. The minimum absolute atomic E-state index is 0.0206. The van der Waals surface area contributed by atoms with Gasteiger partial charge in [-0.25, -0.2) is 9.98 Å². The summed E-state index contributed by atoms with van der Waals surface area (Å²) in [7, 11) is 0. The zero-order valence-corrected chi connectivity index (χ0v) is 9.28. The predicted octanol–water partition coefficient (Wildman–Crippen LogP) is 1.65. The standard InChI is InChI=1S/C10H18N2O2/c1-5-13-9-7(3)12-10(14-6-2)8(4)11-9/h7-8H,5-6H2,1-4H3/t7-,8-/m0/s1. The molecule has 2 atom stereocenters.